The highest BCUT2D eigenvalue weighted by molar-refractivity contribution is 5.94. The summed E-state index contributed by atoms with van der Waals surface area (Å²) in [5, 5.41) is 35.4. The van der Waals surface area contributed by atoms with E-state index in [1.54, 1.807) is 217 Å². The number of benzene rings is 5. The third kappa shape index (κ3) is 26.4. The van der Waals surface area contributed by atoms with Gasteiger partial charge in [0.15, 0.2) is 0 Å². The maximum atomic E-state index is 14.0. The van der Waals surface area contributed by atoms with Crippen LogP contribution in [0, 0.1) is 0 Å². The minimum atomic E-state index is -3.28. The predicted octanol–water partition coefficient (Wildman–Crippen LogP) is 15.9. The van der Waals surface area contributed by atoms with Crippen LogP contribution in [0.1, 0.15) is 228 Å². The molecule has 6 amide bonds. The number of halogens is 7. The lowest BCUT2D eigenvalue weighted by Crippen LogP contribution is -2.50. The zero-order valence-electron chi connectivity index (χ0n) is 74.0. The molecule has 5 aromatic carbocycles. The first-order valence-corrected chi connectivity index (χ1v) is 39.8. The number of aromatic carboxylic acids is 1. The first kappa shape index (κ1) is 102. The van der Waals surface area contributed by atoms with E-state index in [9.17, 15) is 74.2 Å². The maximum absolute atomic E-state index is 14.0. The smallest absolute Gasteiger partial charge is 0.413 e. The maximum Gasteiger partial charge on any atom is 0.413 e. The Bertz CT molecular complexity index is 4640. The number of rotatable bonds is 18. The van der Waals surface area contributed by atoms with Crippen molar-refractivity contribution in [3.63, 3.8) is 0 Å². The van der Waals surface area contributed by atoms with E-state index in [1.807, 2.05) is 17.6 Å². The van der Waals surface area contributed by atoms with Crippen LogP contribution in [0.5, 0.6) is 0 Å². The molecule has 10 atom stereocenters. The molecule has 0 bridgehead atoms. The second-order valence-corrected chi connectivity index (χ2v) is 35.1. The first-order valence-electron chi connectivity index (χ1n) is 39.8. The van der Waals surface area contributed by atoms with Gasteiger partial charge in [0.25, 0.3) is 11.8 Å². The van der Waals surface area contributed by atoms with E-state index in [4.69, 9.17) is 57.7 Å². The minimum Gasteiger partial charge on any atom is -0.478 e. The predicted molar refractivity (Wildman–Crippen MR) is 441 cm³/mol. The van der Waals surface area contributed by atoms with Crippen molar-refractivity contribution in [1.82, 2.24) is 50.7 Å². The summed E-state index contributed by atoms with van der Waals surface area (Å²) in [7, 11) is 1.30. The monoisotopic (exact) mass is 1780 g/mol. The summed E-state index contributed by atoms with van der Waals surface area (Å²) >= 11 is 0. The molecule has 690 valence electrons. The largest absolute Gasteiger partial charge is 0.478 e. The molecule has 39 heteroatoms. The average Bonchev–Trinajstić information content (AvgIpc) is 1.63. The van der Waals surface area contributed by atoms with Crippen LogP contribution in [0.25, 0.3) is 22.9 Å². The fourth-order valence-corrected chi connectivity index (χ4v) is 13.9. The third-order valence-corrected chi connectivity index (χ3v) is 19.3. The molecule has 32 nitrogen and oxygen atoms in total. The molecule has 0 unspecified atom stereocenters. The number of carboxylic acid groups (broad SMARTS) is 1. The van der Waals surface area contributed by atoms with Crippen LogP contribution >= 0.6 is 0 Å². The molecular weight excluding hydrogens is 1670 g/mol. The minimum absolute atomic E-state index is 0.127. The number of carboxylic acids is 1. The highest BCUT2D eigenvalue weighted by Gasteiger charge is 2.56. The van der Waals surface area contributed by atoms with Gasteiger partial charge < -0.3 is 67.0 Å². The molecular formula is C87H112F7N11O21. The number of amides is 6. The lowest BCUT2D eigenvalue weighted by molar-refractivity contribution is -0.133. The lowest BCUT2D eigenvalue weighted by Gasteiger charge is -2.34. The topological polar surface area (TPSA) is 401 Å². The zero-order chi connectivity index (χ0) is 94.3. The summed E-state index contributed by atoms with van der Waals surface area (Å²) in [6.45, 7) is 30.3. The molecule has 6 heterocycles. The van der Waals surface area contributed by atoms with Gasteiger partial charge in [0.2, 0.25) is 24.6 Å². The highest BCUT2D eigenvalue weighted by atomic mass is 19.3. The Morgan fingerprint density at radius 3 is 0.968 bits per heavy atom. The summed E-state index contributed by atoms with van der Waals surface area (Å²) in [4.78, 5) is 101. The molecule has 4 saturated heterocycles. The number of aromatic nitrogens is 4. The van der Waals surface area contributed by atoms with Crippen molar-refractivity contribution in [2.45, 2.75) is 251 Å². The van der Waals surface area contributed by atoms with Crippen LogP contribution in [0.2, 0.25) is 0 Å². The van der Waals surface area contributed by atoms with E-state index < -0.39 is 194 Å². The van der Waals surface area contributed by atoms with E-state index in [-0.39, 0.29) is 17.0 Å². The third-order valence-electron chi connectivity index (χ3n) is 19.3. The normalized spacial score (nSPS) is 20.8. The van der Waals surface area contributed by atoms with Crippen LogP contribution < -0.4 is 16.6 Å². The van der Waals surface area contributed by atoms with Gasteiger partial charge in [0, 0.05) is 16.7 Å². The number of nitrogens with one attached hydrogen (secondary N) is 2. The van der Waals surface area contributed by atoms with Gasteiger partial charge >= 0.3 is 42.7 Å². The number of methoxy groups -OCH3 is 1. The van der Waals surface area contributed by atoms with Crippen LogP contribution in [0.15, 0.2) is 143 Å². The van der Waals surface area contributed by atoms with Crippen LogP contribution in [0.4, 0.5) is 49.9 Å². The average molecular weight is 1780 g/mol. The Kier molecular flexibility index (Phi) is 33.8. The molecule has 0 radical (unpaired) electrons. The molecule has 2 aromatic heterocycles. The van der Waals surface area contributed by atoms with Crippen molar-refractivity contribution in [2.24, 2.45) is 5.84 Å². The number of nitrogens with two attached hydrogens (primary N) is 1. The van der Waals surface area contributed by atoms with E-state index in [1.165, 1.54) is 69.5 Å². The van der Waals surface area contributed by atoms with Gasteiger partial charge in [-0.1, -0.05) is 60.7 Å². The number of hydrogen-bond donors (Lipinski definition) is 5. The molecule has 126 heavy (non-hydrogen) atoms. The van der Waals surface area contributed by atoms with E-state index in [0.717, 1.165) is 17.5 Å². The fraction of sp³-hybridized carbons (Fsp3) is 0.517. The summed E-state index contributed by atoms with van der Waals surface area (Å²) < 4.78 is 153. The van der Waals surface area contributed by atoms with Gasteiger partial charge in [-0.25, -0.2) is 56.6 Å². The van der Waals surface area contributed by atoms with Gasteiger partial charge in [-0.05, 0) is 227 Å². The number of hydrazine groups is 1. The Labute approximate surface area is 725 Å². The molecule has 4 fully saturated rings. The van der Waals surface area contributed by atoms with Crippen LogP contribution in [-0.2, 0) is 47.4 Å². The van der Waals surface area contributed by atoms with Gasteiger partial charge in [0.05, 0.1) is 48.4 Å². The van der Waals surface area contributed by atoms with Crippen molar-refractivity contribution in [2.75, 3.05) is 40.5 Å². The summed E-state index contributed by atoms with van der Waals surface area (Å²) in [5.41, 5.74) is 0.219. The fourth-order valence-electron chi connectivity index (χ4n) is 13.9. The van der Waals surface area contributed by atoms with E-state index in [2.05, 4.69) is 25.1 Å². The van der Waals surface area contributed by atoms with Crippen molar-refractivity contribution in [3.05, 3.63) is 179 Å². The highest BCUT2D eigenvalue weighted by Crippen LogP contribution is 2.47. The number of hydrogen-bond acceptors (Lipinski definition) is 25. The Morgan fingerprint density at radius 1 is 0.452 bits per heavy atom. The number of esters is 1. The number of nitrogen functional groups attached to an aromatic ring is 1. The van der Waals surface area contributed by atoms with E-state index in [0.29, 0.717) is 39.3 Å². The number of alkyl halides is 7. The SMILES string of the molecule is CC(C)(C)OC(=O)N1[C@H](CF)[C@@H](c2ccc(-c3nnco3)cc2)OC1(C)C.CC(C)(C)OC(=O)N1[C@H](CF)[C@@H](c2ccc(C(=O)NN)cc2)OC1(C)C.CC(C)(C)OC(=O)N1[C@H](CF)[C@@H](c2ccc(C(=O)O)cc2)OC1(C)C.COC(=O)c1ccc([C@H]2OC(C)(C)N(C(=O)OC(C)(C)C)[C@@H]2CF)cc1.O=C(N[C@H](CF)[C@H](O)c1ccc(-c2nnco2)cc1)C(F)F. The van der Waals surface area contributed by atoms with Crippen LogP contribution in [-0.4, -0.2) is 221 Å². The molecule has 0 aliphatic carbocycles. The number of nitrogens with zero attached hydrogens (tertiary/aromatic N) is 8. The Morgan fingerprint density at radius 2 is 0.730 bits per heavy atom. The first-order chi connectivity index (χ1) is 58.6. The van der Waals surface area contributed by atoms with Crippen molar-refractivity contribution in [1.29, 1.82) is 0 Å². The van der Waals surface area contributed by atoms with Gasteiger partial charge in [0.1, 0.15) is 109 Å². The number of ether oxygens (including phenoxy) is 9. The zero-order valence-corrected chi connectivity index (χ0v) is 74.0. The molecule has 0 spiro atoms. The Balaban J connectivity index is 0.000000216. The molecule has 4 aliphatic rings. The Hall–Kier alpha value is -11.4. The summed E-state index contributed by atoms with van der Waals surface area (Å²) in [5.74, 6) is 2.20. The van der Waals surface area contributed by atoms with Gasteiger partial charge in [-0.2, -0.15) is 8.78 Å². The van der Waals surface area contributed by atoms with Crippen molar-refractivity contribution < 1.29 is 131 Å². The molecule has 7 aromatic rings. The molecule has 6 N–H and O–H groups in total. The van der Waals surface area contributed by atoms with Crippen molar-refractivity contribution >= 4 is 48.1 Å². The second kappa shape index (κ2) is 41.8. The number of aliphatic hydroxyl groups is 1. The summed E-state index contributed by atoms with van der Waals surface area (Å²) in [6.07, 6.45) is -7.53. The number of carbonyl (C=O) groups excluding carboxylic acids is 7. The summed E-state index contributed by atoms with van der Waals surface area (Å²) in [6, 6.07) is 27.4. The number of aliphatic hydroxyl groups excluding tert-OH is 1. The molecule has 11 rings (SSSR count). The van der Waals surface area contributed by atoms with Crippen LogP contribution in [0.3, 0.4) is 0 Å². The molecule has 4 aliphatic heterocycles. The second-order valence-electron chi connectivity index (χ2n) is 35.1. The molecule has 0 saturated carbocycles. The standard InChI is InChI=1S/C19H24FN3O4.C19H26FNO5.C18H26FN3O4.C18H24FNO5.C13H12F3N3O3/c1-18(2,3)27-17(24)23-14(10-20)15(26-19(23,4)5)12-6-8-13(9-7-12)16-22-21-11-25-16;1-18(2,3)26-17(23)21-14(11-20)15(25-19(21,4)5)12-7-9-13(10-8-12)16(22)24-6;1-17(2,3)26-16(24)22-13(10-19)14(25-18(22,4)5)11-6-8-12(9-7-11)15(23)21-20;1-17(2,3)25-16(23)20-13(10-19)14(24-18(20,4)5)11-6-8-12(9-7-11)15(21)22;14-5-9(18-12(21)11(15)16)10(20)7-1-3-8(4-2-7)13-19-17-6-22-13/h6-9,11,14-15H,10H2,1-5H3;7-10,14-15H,11H2,1-6H3;6-9,13-14H,10,20H2,1-5H3,(H,21,23);6-9,13-14H,10H2,1-5H3,(H,21,22);1-4,6,9-11,20H,5H2,(H,18,21)/t2*14-,15-;2*13-,14-;9-,10-/m11111/s1. The quantitative estimate of drug-likeness (QED) is 0.0133. The van der Waals surface area contributed by atoms with Crippen molar-refractivity contribution in [3.8, 4) is 22.9 Å². The lowest BCUT2D eigenvalue weighted by atomic mass is 10.0. The van der Waals surface area contributed by atoms with Gasteiger partial charge in [-0.15, -0.1) is 20.4 Å². The van der Waals surface area contributed by atoms with E-state index >= 15 is 0 Å². The number of carbonyl (C=O) groups is 8. The van der Waals surface area contributed by atoms with Gasteiger partial charge in [-0.3, -0.25) is 34.6 Å².